The molecule has 9 nitrogen and oxygen atoms in total. The van der Waals surface area contributed by atoms with Gasteiger partial charge in [-0.15, -0.1) is 11.3 Å². The van der Waals surface area contributed by atoms with Crippen LogP contribution in [-0.2, 0) is 16.8 Å². The summed E-state index contributed by atoms with van der Waals surface area (Å²) < 4.78 is 31.7. The summed E-state index contributed by atoms with van der Waals surface area (Å²) in [5.74, 6) is 5.87. The van der Waals surface area contributed by atoms with E-state index < -0.39 is 16.1 Å². The minimum Gasteiger partial charge on any atom is -0.276 e. The molecule has 0 spiro atoms. The molecule has 1 aliphatic heterocycles. The highest BCUT2D eigenvalue weighted by Gasteiger charge is 2.33. The number of nitrogens with one attached hydrogen (secondary N) is 3. The van der Waals surface area contributed by atoms with Gasteiger partial charge < -0.3 is 0 Å². The van der Waals surface area contributed by atoms with Crippen LogP contribution in [-0.4, -0.2) is 48.7 Å². The summed E-state index contributed by atoms with van der Waals surface area (Å²) >= 11 is 20.3. The number of anilines is 1. The average Bonchev–Trinajstić information content (AvgIpc) is 3.83. The van der Waals surface area contributed by atoms with E-state index in [-0.39, 0.29) is 18.3 Å². The number of nitrogens with zero attached hydrogens (tertiary/aromatic N) is 3. The fourth-order valence-electron chi connectivity index (χ4n) is 5.82. The Bertz CT molecular complexity index is 1910. The van der Waals surface area contributed by atoms with Crippen molar-refractivity contribution < 1.29 is 13.2 Å². The van der Waals surface area contributed by atoms with Gasteiger partial charge in [-0.2, -0.15) is 23.0 Å². The molecule has 2 fully saturated rings. The molecule has 4 aromatic rings. The molecule has 1 saturated heterocycles. The standard InChI is InChI=1S/C33H33Cl3N6O3S2/c34-23-11-8-22(9-12-23)10-14-26-15-17-30(46-26)31-27(21-37-47(44,45)40-25-6-2-3-7-25)32(39-38-31)33(43)42(41-18-4-1-5-19-41)29-16-13-24(35)20-28(29)36/h8-9,11-13,15-17,20,25,37,40H,1-7,18-19,21H2,(H,38,39). The molecular formula is C33H33Cl3N6O3S2. The number of aromatic amines is 1. The van der Waals surface area contributed by atoms with Crippen molar-refractivity contribution in [2.45, 2.75) is 57.5 Å². The van der Waals surface area contributed by atoms with Crippen LogP contribution in [0.4, 0.5) is 5.69 Å². The number of hydrazine groups is 1. The molecule has 2 aliphatic rings. The monoisotopic (exact) mass is 730 g/mol. The second kappa shape index (κ2) is 15.1. The van der Waals surface area contributed by atoms with Crippen LogP contribution in [0.3, 0.4) is 0 Å². The van der Waals surface area contributed by atoms with Crippen LogP contribution in [0.15, 0.2) is 54.6 Å². The van der Waals surface area contributed by atoms with E-state index in [0.717, 1.165) is 60.3 Å². The van der Waals surface area contributed by atoms with Crippen LogP contribution in [0.2, 0.25) is 15.1 Å². The summed E-state index contributed by atoms with van der Waals surface area (Å²) in [6.45, 7) is 1.13. The summed E-state index contributed by atoms with van der Waals surface area (Å²) in [6.07, 6.45) is 6.44. The fraction of sp³-hybridized carbons (Fsp3) is 0.333. The molecule has 3 heterocycles. The molecule has 0 bridgehead atoms. The Morgan fingerprint density at radius 2 is 1.68 bits per heavy atom. The van der Waals surface area contributed by atoms with E-state index in [1.54, 1.807) is 35.3 Å². The number of carbonyl (C=O) groups is 1. The number of halogens is 3. The molecule has 0 radical (unpaired) electrons. The van der Waals surface area contributed by atoms with Crippen molar-refractivity contribution in [2.75, 3.05) is 18.1 Å². The first-order valence-electron chi connectivity index (χ1n) is 15.4. The third-order valence-electron chi connectivity index (χ3n) is 8.16. The second-order valence-corrected chi connectivity index (χ2v) is 15.4. The molecule has 3 N–H and O–H groups in total. The van der Waals surface area contributed by atoms with E-state index in [1.807, 2.05) is 29.3 Å². The quantitative estimate of drug-likeness (QED) is 0.155. The number of thiophene rings is 1. The van der Waals surface area contributed by atoms with Crippen molar-refractivity contribution in [3.63, 3.8) is 0 Å². The average molecular weight is 732 g/mol. The highest BCUT2D eigenvalue weighted by atomic mass is 35.5. The van der Waals surface area contributed by atoms with Gasteiger partial charge in [-0.3, -0.25) is 9.89 Å². The molecule has 47 heavy (non-hydrogen) atoms. The fourth-order valence-corrected chi connectivity index (χ4v) is 8.41. The molecule has 1 aliphatic carbocycles. The largest absolute Gasteiger partial charge is 0.293 e. The zero-order chi connectivity index (χ0) is 33.0. The smallest absolute Gasteiger partial charge is 0.276 e. The van der Waals surface area contributed by atoms with E-state index in [1.165, 1.54) is 11.3 Å². The lowest BCUT2D eigenvalue weighted by atomic mass is 10.1. The molecule has 14 heteroatoms. The molecule has 2 aromatic carbocycles. The Balaban J connectivity index is 1.36. The van der Waals surface area contributed by atoms with Gasteiger partial charge in [-0.25, -0.2) is 10.0 Å². The van der Waals surface area contributed by atoms with E-state index in [4.69, 9.17) is 34.8 Å². The maximum absolute atomic E-state index is 14.5. The Morgan fingerprint density at radius 1 is 0.957 bits per heavy atom. The maximum Gasteiger partial charge on any atom is 0.293 e. The van der Waals surface area contributed by atoms with Gasteiger partial charge >= 0.3 is 0 Å². The van der Waals surface area contributed by atoms with Crippen LogP contribution in [0.5, 0.6) is 0 Å². The number of rotatable bonds is 9. The summed E-state index contributed by atoms with van der Waals surface area (Å²) in [5.41, 5.74) is 2.32. The van der Waals surface area contributed by atoms with E-state index in [0.29, 0.717) is 45.1 Å². The zero-order valence-corrected chi connectivity index (χ0v) is 29.3. The predicted octanol–water partition coefficient (Wildman–Crippen LogP) is 7.41. The number of hydrogen-bond donors (Lipinski definition) is 3. The number of carbonyl (C=O) groups excluding carboxylic acids is 1. The van der Waals surface area contributed by atoms with Gasteiger partial charge in [-0.05, 0) is 80.3 Å². The van der Waals surface area contributed by atoms with Crippen LogP contribution < -0.4 is 14.5 Å². The van der Waals surface area contributed by atoms with Gasteiger partial charge in [0.05, 0.1) is 26.2 Å². The molecular weight excluding hydrogens is 699 g/mol. The Labute approximate surface area is 293 Å². The van der Waals surface area contributed by atoms with E-state index in [2.05, 4.69) is 31.5 Å². The number of hydrogen-bond acceptors (Lipinski definition) is 6. The van der Waals surface area contributed by atoms with Crippen molar-refractivity contribution in [3.8, 4) is 22.4 Å². The van der Waals surface area contributed by atoms with Gasteiger partial charge in [-0.1, -0.05) is 65.9 Å². The summed E-state index contributed by atoms with van der Waals surface area (Å²) in [4.78, 5) is 16.1. The number of H-pyrrole nitrogens is 1. The molecule has 6 rings (SSSR count). The van der Waals surface area contributed by atoms with Gasteiger partial charge in [0.15, 0.2) is 5.69 Å². The topological polar surface area (TPSA) is 110 Å². The lowest BCUT2D eigenvalue weighted by Crippen LogP contribution is -2.50. The highest BCUT2D eigenvalue weighted by molar-refractivity contribution is 7.87. The molecule has 2 aromatic heterocycles. The zero-order valence-electron chi connectivity index (χ0n) is 25.4. The Morgan fingerprint density at radius 3 is 2.40 bits per heavy atom. The predicted molar refractivity (Wildman–Crippen MR) is 189 cm³/mol. The lowest BCUT2D eigenvalue weighted by Gasteiger charge is -2.37. The molecule has 0 unspecified atom stereocenters. The van der Waals surface area contributed by atoms with E-state index in [9.17, 15) is 13.2 Å². The third-order valence-corrected chi connectivity index (χ3v) is 11.1. The first-order chi connectivity index (χ1) is 22.7. The minimum absolute atomic E-state index is 0.0855. The first kappa shape index (κ1) is 34.0. The van der Waals surface area contributed by atoms with Gasteiger partial charge in [0.1, 0.15) is 0 Å². The third kappa shape index (κ3) is 8.39. The van der Waals surface area contributed by atoms with E-state index >= 15 is 0 Å². The molecule has 1 saturated carbocycles. The SMILES string of the molecule is O=C(c1n[nH]c(-c2ccc(C#Cc3ccc(Cl)cc3)s2)c1CNS(=O)(=O)NC1CCCC1)N(c1ccc(Cl)cc1Cl)N1CCCCC1. The van der Waals surface area contributed by atoms with Gasteiger partial charge in [0.25, 0.3) is 16.1 Å². The maximum atomic E-state index is 14.5. The number of piperidine rings is 1. The van der Waals surface area contributed by atoms with Crippen LogP contribution >= 0.6 is 46.1 Å². The molecule has 246 valence electrons. The second-order valence-electron chi connectivity index (χ2n) is 11.5. The van der Waals surface area contributed by atoms with Crippen molar-refractivity contribution in [2.24, 2.45) is 0 Å². The van der Waals surface area contributed by atoms with Crippen molar-refractivity contribution in [1.29, 1.82) is 0 Å². The highest BCUT2D eigenvalue weighted by Crippen LogP contribution is 2.35. The minimum atomic E-state index is -3.87. The first-order valence-corrected chi connectivity index (χ1v) is 18.9. The number of aromatic nitrogens is 2. The van der Waals surface area contributed by atoms with Crippen LogP contribution in [0, 0.1) is 11.8 Å². The normalized spacial score (nSPS) is 15.8. The van der Waals surface area contributed by atoms with Gasteiger partial charge in [0, 0.05) is 46.8 Å². The number of amides is 1. The summed E-state index contributed by atoms with van der Waals surface area (Å²) in [6, 6.07) is 15.9. The van der Waals surface area contributed by atoms with Crippen molar-refractivity contribution in [3.05, 3.63) is 91.4 Å². The molecule has 0 atom stereocenters. The van der Waals surface area contributed by atoms with Gasteiger partial charge in [0.2, 0.25) is 0 Å². The Kier molecular flexibility index (Phi) is 10.9. The van der Waals surface area contributed by atoms with Crippen molar-refractivity contribution in [1.82, 2.24) is 24.7 Å². The summed E-state index contributed by atoms with van der Waals surface area (Å²) in [5, 5.41) is 12.4. The Hall–Kier alpha value is -2.92. The van der Waals surface area contributed by atoms with Crippen molar-refractivity contribution >= 4 is 67.9 Å². The lowest BCUT2D eigenvalue weighted by molar-refractivity contribution is 0.0866. The number of benzene rings is 2. The summed E-state index contributed by atoms with van der Waals surface area (Å²) in [7, 11) is -3.87. The molecule has 1 amide bonds. The van der Waals surface area contributed by atoms with Crippen LogP contribution in [0.1, 0.15) is 71.4 Å². The van der Waals surface area contributed by atoms with Crippen LogP contribution in [0.25, 0.3) is 10.6 Å².